The predicted molar refractivity (Wildman–Crippen MR) is 65.4 cm³/mol. The van der Waals surface area contributed by atoms with Crippen molar-refractivity contribution in [3.05, 3.63) is 24.2 Å². The predicted octanol–water partition coefficient (Wildman–Crippen LogP) is 2.99. The molecule has 1 aromatic rings. The number of hydrogen-bond donors (Lipinski definition) is 1. The van der Waals surface area contributed by atoms with E-state index in [-0.39, 0.29) is 6.04 Å². The summed E-state index contributed by atoms with van der Waals surface area (Å²) in [7, 11) is 1.74. The Morgan fingerprint density at radius 2 is 2.12 bits per heavy atom. The summed E-state index contributed by atoms with van der Waals surface area (Å²) in [6, 6.07) is 4.64. The summed E-state index contributed by atoms with van der Waals surface area (Å²) in [5.41, 5.74) is 0. The van der Waals surface area contributed by atoms with Crippen LogP contribution in [0.5, 0.6) is 0 Å². The highest BCUT2D eigenvalue weighted by Crippen LogP contribution is 2.16. The molecule has 0 saturated carbocycles. The number of methoxy groups -OCH3 is 1. The minimum atomic E-state index is 0.249. The summed E-state index contributed by atoms with van der Waals surface area (Å²) in [5, 5.41) is 3.58. The van der Waals surface area contributed by atoms with Crippen molar-refractivity contribution in [2.45, 2.75) is 39.3 Å². The van der Waals surface area contributed by atoms with Crippen molar-refractivity contribution in [3.8, 4) is 0 Å². The van der Waals surface area contributed by atoms with E-state index in [4.69, 9.17) is 9.15 Å². The Kier molecular flexibility index (Phi) is 5.56. The van der Waals surface area contributed by atoms with Gasteiger partial charge < -0.3 is 14.5 Å². The summed E-state index contributed by atoms with van der Waals surface area (Å²) in [6.07, 6.45) is 2.74. The minimum Gasteiger partial charge on any atom is -0.468 e. The third-order valence-electron chi connectivity index (χ3n) is 2.87. The number of furan rings is 1. The first kappa shape index (κ1) is 13.3. The van der Waals surface area contributed by atoms with Gasteiger partial charge in [-0.25, -0.2) is 0 Å². The normalized spacial score (nSPS) is 15.3. The Hall–Kier alpha value is -0.800. The first-order valence-corrected chi connectivity index (χ1v) is 5.93. The van der Waals surface area contributed by atoms with E-state index in [2.05, 4.69) is 26.1 Å². The Morgan fingerprint density at radius 3 is 2.62 bits per heavy atom. The third kappa shape index (κ3) is 3.99. The van der Waals surface area contributed by atoms with Crippen LogP contribution in [0.2, 0.25) is 0 Å². The highest BCUT2D eigenvalue weighted by Gasteiger charge is 2.17. The number of ether oxygens (including phenoxy) is 1. The Labute approximate surface area is 98.2 Å². The minimum absolute atomic E-state index is 0.249. The van der Waals surface area contributed by atoms with Crippen LogP contribution in [-0.4, -0.2) is 19.8 Å². The van der Waals surface area contributed by atoms with Crippen LogP contribution in [-0.2, 0) is 4.74 Å². The second-order valence-electron chi connectivity index (χ2n) is 4.54. The van der Waals surface area contributed by atoms with Gasteiger partial charge in [0.05, 0.1) is 12.3 Å². The maximum absolute atomic E-state index is 5.39. The van der Waals surface area contributed by atoms with Crippen molar-refractivity contribution in [2.75, 3.05) is 13.7 Å². The van der Waals surface area contributed by atoms with Gasteiger partial charge in [-0.2, -0.15) is 0 Å². The maximum atomic E-state index is 5.39. The first-order chi connectivity index (χ1) is 7.65. The van der Waals surface area contributed by atoms with Crippen LogP contribution in [0, 0.1) is 5.92 Å². The zero-order chi connectivity index (χ0) is 12.0. The molecular formula is C13H23NO2. The monoisotopic (exact) mass is 225 g/mol. The van der Waals surface area contributed by atoms with E-state index in [1.807, 2.05) is 12.1 Å². The molecule has 92 valence electrons. The highest BCUT2D eigenvalue weighted by molar-refractivity contribution is 5.03. The molecule has 0 aromatic carbocycles. The molecule has 0 aliphatic carbocycles. The molecule has 0 saturated heterocycles. The molecule has 1 N–H and O–H groups in total. The molecule has 2 atom stereocenters. The topological polar surface area (TPSA) is 34.4 Å². The van der Waals surface area contributed by atoms with Crippen LogP contribution in [0.3, 0.4) is 0 Å². The van der Waals surface area contributed by atoms with Crippen LogP contribution in [0.25, 0.3) is 0 Å². The summed E-state index contributed by atoms with van der Waals surface area (Å²) in [5.74, 6) is 1.58. The van der Waals surface area contributed by atoms with E-state index >= 15 is 0 Å². The maximum Gasteiger partial charge on any atom is 0.120 e. The third-order valence-corrected chi connectivity index (χ3v) is 2.87. The lowest BCUT2D eigenvalue weighted by Gasteiger charge is -2.25. The first-order valence-electron chi connectivity index (χ1n) is 5.93. The molecule has 0 aliphatic rings. The molecule has 16 heavy (non-hydrogen) atoms. The van der Waals surface area contributed by atoms with E-state index in [0.29, 0.717) is 12.0 Å². The molecule has 1 rings (SSSR count). The van der Waals surface area contributed by atoms with Gasteiger partial charge in [0.1, 0.15) is 5.76 Å². The van der Waals surface area contributed by atoms with E-state index in [1.54, 1.807) is 13.4 Å². The van der Waals surface area contributed by atoms with E-state index in [0.717, 1.165) is 18.8 Å². The molecule has 3 nitrogen and oxygen atoms in total. The molecule has 0 spiro atoms. The molecule has 3 heteroatoms. The molecular weight excluding hydrogens is 202 g/mol. The summed E-state index contributed by atoms with van der Waals surface area (Å²) in [6.45, 7) is 7.37. The Bertz CT molecular complexity index is 269. The summed E-state index contributed by atoms with van der Waals surface area (Å²) < 4.78 is 10.5. The van der Waals surface area contributed by atoms with Crippen molar-refractivity contribution in [1.82, 2.24) is 5.32 Å². The van der Waals surface area contributed by atoms with Crippen molar-refractivity contribution >= 4 is 0 Å². The van der Waals surface area contributed by atoms with Crippen molar-refractivity contribution in [2.24, 2.45) is 5.92 Å². The molecule has 0 amide bonds. The van der Waals surface area contributed by atoms with Crippen molar-refractivity contribution < 1.29 is 9.15 Å². The van der Waals surface area contributed by atoms with Gasteiger partial charge in [-0.05, 0) is 31.4 Å². The number of rotatable bonds is 7. The lowest BCUT2D eigenvalue weighted by molar-refractivity contribution is 0.169. The zero-order valence-electron chi connectivity index (χ0n) is 10.7. The fourth-order valence-corrected chi connectivity index (χ4v) is 1.79. The summed E-state index contributed by atoms with van der Waals surface area (Å²) in [4.78, 5) is 0. The molecule has 2 unspecified atom stereocenters. The lowest BCUT2D eigenvalue weighted by Crippen LogP contribution is -2.36. The second kappa shape index (κ2) is 6.71. The Morgan fingerprint density at radius 1 is 1.38 bits per heavy atom. The van der Waals surface area contributed by atoms with Gasteiger partial charge in [0.2, 0.25) is 0 Å². The SMILES string of the molecule is COCCC(NC(C)c1ccco1)C(C)C. The Balaban J connectivity index is 2.47. The lowest BCUT2D eigenvalue weighted by atomic mass is 10.00. The second-order valence-corrected chi connectivity index (χ2v) is 4.54. The van der Waals surface area contributed by atoms with E-state index in [9.17, 15) is 0 Å². The van der Waals surface area contributed by atoms with Gasteiger partial charge in [-0.15, -0.1) is 0 Å². The molecule has 0 radical (unpaired) electrons. The average molecular weight is 225 g/mol. The van der Waals surface area contributed by atoms with Crippen LogP contribution < -0.4 is 5.32 Å². The van der Waals surface area contributed by atoms with Gasteiger partial charge in [-0.1, -0.05) is 13.8 Å². The van der Waals surface area contributed by atoms with Crippen molar-refractivity contribution in [3.63, 3.8) is 0 Å². The highest BCUT2D eigenvalue weighted by atomic mass is 16.5. The largest absolute Gasteiger partial charge is 0.468 e. The molecule has 0 fully saturated rings. The van der Waals surface area contributed by atoms with Gasteiger partial charge in [0.15, 0.2) is 0 Å². The smallest absolute Gasteiger partial charge is 0.120 e. The molecule has 1 heterocycles. The summed E-state index contributed by atoms with van der Waals surface area (Å²) >= 11 is 0. The van der Waals surface area contributed by atoms with Crippen LogP contribution in [0.1, 0.15) is 39.0 Å². The van der Waals surface area contributed by atoms with Crippen LogP contribution in [0.15, 0.2) is 22.8 Å². The van der Waals surface area contributed by atoms with E-state index < -0.39 is 0 Å². The van der Waals surface area contributed by atoms with Gasteiger partial charge >= 0.3 is 0 Å². The van der Waals surface area contributed by atoms with Crippen LogP contribution >= 0.6 is 0 Å². The number of hydrogen-bond acceptors (Lipinski definition) is 3. The number of nitrogens with one attached hydrogen (secondary N) is 1. The fraction of sp³-hybridized carbons (Fsp3) is 0.692. The average Bonchev–Trinajstić information content (AvgIpc) is 2.76. The van der Waals surface area contributed by atoms with Crippen molar-refractivity contribution in [1.29, 1.82) is 0 Å². The van der Waals surface area contributed by atoms with E-state index in [1.165, 1.54) is 0 Å². The molecule has 0 aliphatic heterocycles. The standard InChI is InChI=1S/C13H23NO2/c1-10(2)12(7-9-15-4)14-11(3)13-6-5-8-16-13/h5-6,8,10-12,14H,7,9H2,1-4H3. The molecule has 1 aromatic heterocycles. The van der Waals surface area contributed by atoms with Gasteiger partial charge in [0, 0.05) is 19.8 Å². The fourth-order valence-electron chi connectivity index (χ4n) is 1.79. The van der Waals surface area contributed by atoms with Crippen LogP contribution in [0.4, 0.5) is 0 Å². The van der Waals surface area contributed by atoms with Gasteiger partial charge in [-0.3, -0.25) is 0 Å². The molecule has 0 bridgehead atoms. The zero-order valence-corrected chi connectivity index (χ0v) is 10.7. The van der Waals surface area contributed by atoms with Gasteiger partial charge in [0.25, 0.3) is 0 Å². The quantitative estimate of drug-likeness (QED) is 0.774.